The van der Waals surface area contributed by atoms with Crippen molar-refractivity contribution in [1.29, 1.82) is 0 Å². The molecule has 0 heterocycles. The molecule has 0 aromatic heterocycles. The number of carbonyl (C=O) groups is 2. The third kappa shape index (κ3) is 4.02. The molecule has 6 heteroatoms. The average molecular weight is 335 g/mol. The Morgan fingerprint density at radius 1 is 1.23 bits per heavy atom. The van der Waals surface area contributed by atoms with E-state index in [9.17, 15) is 9.59 Å². The van der Waals surface area contributed by atoms with Crippen molar-refractivity contribution in [3.05, 3.63) is 64.2 Å². The summed E-state index contributed by atoms with van der Waals surface area (Å²) >= 11 is 7.60. The molecule has 0 fully saturated rings. The van der Waals surface area contributed by atoms with Crippen LogP contribution in [-0.4, -0.2) is 18.1 Å². The van der Waals surface area contributed by atoms with Gasteiger partial charge >= 0.3 is 0 Å². The molecule has 0 spiro atoms. The average Bonchev–Trinajstić information content (AvgIpc) is 2.53. The highest BCUT2D eigenvalue weighted by Crippen LogP contribution is 2.23. The highest BCUT2D eigenvalue weighted by molar-refractivity contribution is 7.98. The fourth-order valence-electron chi connectivity index (χ4n) is 1.92. The summed E-state index contributed by atoms with van der Waals surface area (Å²) < 4.78 is 0. The van der Waals surface area contributed by atoms with Crippen molar-refractivity contribution in [3.63, 3.8) is 0 Å². The van der Waals surface area contributed by atoms with Crippen LogP contribution in [0, 0.1) is 0 Å². The largest absolute Gasteiger partial charge is 0.366 e. The molecular formula is C16H15ClN2O2S. The van der Waals surface area contributed by atoms with Gasteiger partial charge in [-0.25, -0.2) is 0 Å². The highest BCUT2D eigenvalue weighted by Gasteiger charge is 2.11. The summed E-state index contributed by atoms with van der Waals surface area (Å²) in [6.45, 7) is 0.291. The lowest BCUT2D eigenvalue weighted by molar-refractivity contribution is 0.0950. The van der Waals surface area contributed by atoms with E-state index in [0.29, 0.717) is 22.7 Å². The normalized spacial score (nSPS) is 10.3. The molecule has 0 atom stereocenters. The van der Waals surface area contributed by atoms with Crippen molar-refractivity contribution in [1.82, 2.24) is 5.32 Å². The number of hydrogen-bond donors (Lipinski definition) is 2. The molecule has 2 aromatic rings. The molecule has 0 bridgehead atoms. The predicted molar refractivity (Wildman–Crippen MR) is 89.4 cm³/mol. The lowest BCUT2D eigenvalue weighted by Crippen LogP contribution is -2.23. The minimum Gasteiger partial charge on any atom is -0.366 e. The van der Waals surface area contributed by atoms with Gasteiger partial charge < -0.3 is 11.1 Å². The second-order valence-corrected chi connectivity index (χ2v) is 5.88. The summed E-state index contributed by atoms with van der Waals surface area (Å²) in [6, 6.07) is 12.1. The number of halogens is 1. The SMILES string of the molecule is CSc1ccc(Cl)c(C(=O)NCc2cccc(C(N)=O)c2)c1. The highest BCUT2D eigenvalue weighted by atomic mass is 35.5. The van der Waals surface area contributed by atoms with E-state index in [4.69, 9.17) is 17.3 Å². The van der Waals surface area contributed by atoms with Crippen LogP contribution in [0.4, 0.5) is 0 Å². The zero-order valence-electron chi connectivity index (χ0n) is 11.9. The summed E-state index contributed by atoms with van der Waals surface area (Å²) in [5.74, 6) is -0.755. The smallest absolute Gasteiger partial charge is 0.253 e. The van der Waals surface area contributed by atoms with Gasteiger partial charge in [-0.3, -0.25) is 9.59 Å². The standard InChI is InChI=1S/C16H15ClN2O2S/c1-22-12-5-6-14(17)13(8-12)16(21)19-9-10-3-2-4-11(7-10)15(18)20/h2-8H,9H2,1H3,(H2,18,20)(H,19,21). The first-order valence-corrected chi connectivity index (χ1v) is 8.12. The molecular weight excluding hydrogens is 320 g/mol. The van der Waals surface area contributed by atoms with Crippen molar-refractivity contribution >= 4 is 35.2 Å². The molecule has 0 saturated heterocycles. The van der Waals surface area contributed by atoms with Crippen molar-refractivity contribution in [2.75, 3.05) is 6.26 Å². The van der Waals surface area contributed by atoms with Gasteiger partial charge in [0.2, 0.25) is 5.91 Å². The molecule has 0 saturated carbocycles. The fraction of sp³-hybridized carbons (Fsp3) is 0.125. The number of carbonyl (C=O) groups excluding carboxylic acids is 2. The van der Waals surface area contributed by atoms with Crippen molar-refractivity contribution in [2.24, 2.45) is 5.73 Å². The van der Waals surface area contributed by atoms with E-state index in [1.807, 2.05) is 18.4 Å². The first-order valence-electron chi connectivity index (χ1n) is 6.51. The Morgan fingerprint density at radius 3 is 2.68 bits per heavy atom. The molecule has 3 N–H and O–H groups in total. The van der Waals surface area contributed by atoms with E-state index in [1.165, 1.54) is 11.8 Å². The maximum Gasteiger partial charge on any atom is 0.253 e. The molecule has 2 amide bonds. The van der Waals surface area contributed by atoms with Crippen LogP contribution in [0.3, 0.4) is 0 Å². The zero-order chi connectivity index (χ0) is 16.1. The number of rotatable bonds is 5. The Balaban J connectivity index is 2.10. The molecule has 2 rings (SSSR count). The van der Waals surface area contributed by atoms with Crippen LogP contribution in [-0.2, 0) is 6.54 Å². The van der Waals surface area contributed by atoms with E-state index >= 15 is 0 Å². The first kappa shape index (κ1) is 16.4. The number of amides is 2. The minimum absolute atomic E-state index is 0.259. The van der Waals surface area contributed by atoms with E-state index in [0.717, 1.165) is 10.5 Å². The number of primary amides is 1. The second kappa shape index (κ2) is 7.33. The Hall–Kier alpha value is -1.98. The van der Waals surface area contributed by atoms with E-state index < -0.39 is 5.91 Å². The lowest BCUT2D eigenvalue weighted by atomic mass is 10.1. The molecule has 2 aromatic carbocycles. The number of hydrogen-bond acceptors (Lipinski definition) is 3. The monoisotopic (exact) mass is 334 g/mol. The predicted octanol–water partition coefficient (Wildman–Crippen LogP) is 3.09. The molecule has 0 unspecified atom stereocenters. The maximum atomic E-state index is 12.2. The van der Waals surface area contributed by atoms with Crippen LogP contribution < -0.4 is 11.1 Å². The topological polar surface area (TPSA) is 72.2 Å². The summed E-state index contributed by atoms with van der Waals surface area (Å²) in [5, 5.41) is 3.19. The van der Waals surface area contributed by atoms with Gasteiger partial charge in [0.15, 0.2) is 0 Å². The van der Waals surface area contributed by atoms with Gasteiger partial charge in [0.05, 0.1) is 10.6 Å². The van der Waals surface area contributed by atoms with Gasteiger partial charge in [-0.2, -0.15) is 0 Å². The number of thioether (sulfide) groups is 1. The van der Waals surface area contributed by atoms with Crippen molar-refractivity contribution in [3.8, 4) is 0 Å². The first-order chi connectivity index (χ1) is 10.5. The number of nitrogens with two attached hydrogens (primary N) is 1. The third-order valence-corrected chi connectivity index (χ3v) is 4.14. The van der Waals surface area contributed by atoms with Gasteiger partial charge in [-0.15, -0.1) is 11.8 Å². The van der Waals surface area contributed by atoms with Crippen LogP contribution >= 0.6 is 23.4 Å². The molecule has 114 valence electrons. The van der Waals surface area contributed by atoms with Crippen molar-refractivity contribution in [2.45, 2.75) is 11.4 Å². The summed E-state index contributed by atoms with van der Waals surface area (Å²) in [7, 11) is 0. The van der Waals surface area contributed by atoms with Crippen LogP contribution in [0.15, 0.2) is 47.4 Å². The van der Waals surface area contributed by atoms with Gasteiger partial charge in [0.1, 0.15) is 0 Å². The Kier molecular flexibility index (Phi) is 5.46. The molecule has 0 aliphatic heterocycles. The van der Waals surface area contributed by atoms with E-state index in [-0.39, 0.29) is 5.91 Å². The van der Waals surface area contributed by atoms with E-state index in [1.54, 1.807) is 30.3 Å². The maximum absolute atomic E-state index is 12.2. The van der Waals surface area contributed by atoms with Gasteiger partial charge in [-0.05, 0) is 42.2 Å². The van der Waals surface area contributed by atoms with Crippen LogP contribution in [0.1, 0.15) is 26.3 Å². The third-order valence-electron chi connectivity index (χ3n) is 3.08. The molecule has 4 nitrogen and oxygen atoms in total. The molecule has 0 aliphatic rings. The summed E-state index contributed by atoms with van der Waals surface area (Å²) in [5.41, 5.74) is 6.87. The van der Waals surface area contributed by atoms with Gasteiger partial charge in [0, 0.05) is 17.0 Å². The Bertz CT molecular complexity index is 719. The molecule has 22 heavy (non-hydrogen) atoms. The molecule has 0 radical (unpaired) electrons. The minimum atomic E-state index is -0.496. The fourth-order valence-corrected chi connectivity index (χ4v) is 2.56. The van der Waals surface area contributed by atoms with Crippen LogP contribution in [0.2, 0.25) is 5.02 Å². The second-order valence-electron chi connectivity index (χ2n) is 4.59. The Labute approximate surface area is 138 Å². The van der Waals surface area contributed by atoms with Crippen molar-refractivity contribution < 1.29 is 9.59 Å². The summed E-state index contributed by atoms with van der Waals surface area (Å²) in [4.78, 5) is 24.3. The van der Waals surface area contributed by atoms with Gasteiger partial charge in [0.25, 0.3) is 5.91 Å². The lowest BCUT2D eigenvalue weighted by Gasteiger charge is -2.09. The summed E-state index contributed by atoms with van der Waals surface area (Å²) in [6.07, 6.45) is 1.93. The Morgan fingerprint density at radius 2 is 2.00 bits per heavy atom. The zero-order valence-corrected chi connectivity index (χ0v) is 13.5. The number of benzene rings is 2. The number of nitrogens with one attached hydrogen (secondary N) is 1. The van der Waals surface area contributed by atoms with Gasteiger partial charge in [-0.1, -0.05) is 23.7 Å². The van der Waals surface area contributed by atoms with Crippen LogP contribution in [0.5, 0.6) is 0 Å². The quantitative estimate of drug-likeness (QED) is 0.825. The molecule has 0 aliphatic carbocycles. The van der Waals surface area contributed by atoms with E-state index in [2.05, 4.69) is 5.32 Å². The van der Waals surface area contributed by atoms with Crippen LogP contribution in [0.25, 0.3) is 0 Å².